The summed E-state index contributed by atoms with van der Waals surface area (Å²) in [6, 6.07) is 14.2. The molecule has 1 fully saturated rings. The van der Waals surface area contributed by atoms with Gasteiger partial charge in [-0.3, -0.25) is 14.5 Å². The van der Waals surface area contributed by atoms with Crippen molar-refractivity contribution in [2.75, 3.05) is 46.3 Å². The van der Waals surface area contributed by atoms with Gasteiger partial charge in [-0.1, -0.05) is 29.8 Å². The average molecular weight is 630 g/mol. The molecule has 0 bridgehead atoms. The molecule has 43 heavy (non-hydrogen) atoms. The summed E-state index contributed by atoms with van der Waals surface area (Å²) in [4.78, 5) is 31.4. The maximum absolute atomic E-state index is 15.1. The number of aliphatic hydroxyl groups excluding tert-OH is 1. The first kappa shape index (κ1) is 30.6. The fourth-order valence-corrected chi connectivity index (χ4v) is 7.67. The fraction of sp³-hybridized carbons (Fsp3) is 0.333. The first-order valence-corrected chi connectivity index (χ1v) is 15.2. The molecule has 1 unspecified atom stereocenters. The van der Waals surface area contributed by atoms with Gasteiger partial charge in [0.15, 0.2) is 17.0 Å². The second kappa shape index (κ2) is 11.3. The van der Waals surface area contributed by atoms with Crippen LogP contribution in [0, 0.1) is 0 Å². The zero-order valence-electron chi connectivity index (χ0n) is 24.3. The zero-order chi connectivity index (χ0) is 31.3. The smallest absolute Gasteiger partial charge is 0.271 e. The van der Waals surface area contributed by atoms with Crippen molar-refractivity contribution in [3.05, 3.63) is 76.8 Å². The lowest BCUT2D eigenvalue weighted by atomic mass is 9.80. The van der Waals surface area contributed by atoms with Gasteiger partial charge in [0.1, 0.15) is 5.75 Å². The van der Waals surface area contributed by atoms with Gasteiger partial charge in [0.2, 0.25) is 5.91 Å². The molecule has 2 amide bonds. The highest BCUT2D eigenvalue weighted by molar-refractivity contribution is 7.93. The Morgan fingerprint density at radius 3 is 2.28 bits per heavy atom. The van der Waals surface area contributed by atoms with Crippen LogP contribution in [-0.2, 0) is 25.2 Å². The van der Waals surface area contributed by atoms with Gasteiger partial charge >= 0.3 is 0 Å². The van der Waals surface area contributed by atoms with E-state index in [1.54, 1.807) is 43.3 Å². The molecule has 2 heterocycles. The fourth-order valence-electron chi connectivity index (χ4n) is 6.02. The number of β-amino-alcohol motifs (C(OH)–C–C–N with tert-alkyl or cyclic N) is 1. The molecule has 13 heteroatoms. The Morgan fingerprint density at radius 2 is 1.63 bits per heavy atom. The van der Waals surface area contributed by atoms with Crippen molar-refractivity contribution in [2.45, 2.75) is 29.0 Å². The van der Waals surface area contributed by atoms with E-state index in [0.29, 0.717) is 11.3 Å². The summed E-state index contributed by atoms with van der Waals surface area (Å²) in [6.07, 6.45) is -0.952. The lowest BCUT2D eigenvalue weighted by Crippen LogP contribution is -2.59. The number of methoxy groups -OCH3 is 3. The SMILES string of the molecule is COc1ccc(S(=O)(=O)N2C(=O)C(c3ccccc3OC)(N3C[C@H](O)C[C@H]3C(=O)N(C)C)c3cc(Cl)ccc32)cc1OC. The van der Waals surface area contributed by atoms with E-state index < -0.39 is 33.6 Å². The number of nitrogens with zero attached hydrogens (tertiary/aromatic N) is 3. The van der Waals surface area contributed by atoms with Crippen molar-refractivity contribution in [2.24, 2.45) is 0 Å². The van der Waals surface area contributed by atoms with Crippen molar-refractivity contribution in [1.82, 2.24) is 9.80 Å². The number of carbonyl (C=O) groups is 2. The number of rotatable bonds is 8. The normalized spacial score (nSPS) is 21.9. The van der Waals surface area contributed by atoms with Gasteiger partial charge in [-0.2, -0.15) is 0 Å². The molecule has 3 aromatic carbocycles. The van der Waals surface area contributed by atoms with Crippen LogP contribution in [0.15, 0.2) is 65.6 Å². The van der Waals surface area contributed by atoms with Crippen LogP contribution in [0.1, 0.15) is 17.5 Å². The average Bonchev–Trinajstić information content (AvgIpc) is 3.50. The number of sulfonamides is 1. The van der Waals surface area contributed by atoms with Gasteiger partial charge in [-0.05, 0) is 42.8 Å². The Balaban J connectivity index is 1.85. The molecule has 0 radical (unpaired) electrons. The van der Waals surface area contributed by atoms with E-state index in [9.17, 15) is 18.3 Å². The van der Waals surface area contributed by atoms with E-state index in [1.807, 2.05) is 0 Å². The summed E-state index contributed by atoms with van der Waals surface area (Å²) in [5.41, 5.74) is -1.36. The van der Waals surface area contributed by atoms with Gasteiger partial charge in [0.05, 0.1) is 44.1 Å². The maximum Gasteiger partial charge on any atom is 0.271 e. The number of hydrogen-bond acceptors (Lipinski definition) is 9. The minimum Gasteiger partial charge on any atom is -0.496 e. The molecule has 228 valence electrons. The predicted molar refractivity (Wildman–Crippen MR) is 159 cm³/mol. The molecular formula is C30H32ClN3O8S. The number of aliphatic hydroxyl groups is 1. The van der Waals surface area contributed by atoms with Crippen LogP contribution < -0.4 is 18.5 Å². The van der Waals surface area contributed by atoms with Crippen molar-refractivity contribution >= 4 is 39.1 Å². The minimum absolute atomic E-state index is 0.0273. The van der Waals surface area contributed by atoms with Gasteiger partial charge in [0, 0.05) is 42.9 Å². The van der Waals surface area contributed by atoms with Gasteiger partial charge in [-0.25, -0.2) is 12.7 Å². The molecule has 11 nitrogen and oxygen atoms in total. The summed E-state index contributed by atoms with van der Waals surface area (Å²) in [6.45, 7) is -0.107. The molecule has 5 rings (SSSR count). The van der Waals surface area contributed by atoms with Crippen LogP contribution in [0.3, 0.4) is 0 Å². The van der Waals surface area contributed by atoms with Crippen LogP contribution in [0.25, 0.3) is 0 Å². The van der Waals surface area contributed by atoms with E-state index in [0.717, 1.165) is 4.31 Å². The highest BCUT2D eigenvalue weighted by atomic mass is 35.5. The van der Waals surface area contributed by atoms with Crippen LogP contribution in [0.4, 0.5) is 5.69 Å². The molecule has 1 saturated heterocycles. The highest BCUT2D eigenvalue weighted by Crippen LogP contribution is 2.55. The number of anilines is 1. The van der Waals surface area contributed by atoms with Crippen LogP contribution >= 0.6 is 11.6 Å². The summed E-state index contributed by atoms with van der Waals surface area (Å²) >= 11 is 6.51. The van der Waals surface area contributed by atoms with Crippen LogP contribution in [0.5, 0.6) is 17.2 Å². The largest absolute Gasteiger partial charge is 0.496 e. The molecule has 2 aliphatic heterocycles. The number of likely N-dealkylation sites (N-methyl/N-ethyl adjacent to an activating group) is 1. The standard InChI is InChI=1S/C30H32ClN3O8S/c1-32(2)28(36)24-15-19(35)17-33(24)30(21-8-6-7-9-25(21)40-3)22-14-18(31)10-12-23(22)34(29(30)37)43(38,39)20-11-13-26(41-4)27(16-20)42-5/h6-14,16,19,24,35H,15,17H2,1-5H3/t19-,24+,30?/m1/s1. The lowest BCUT2D eigenvalue weighted by molar-refractivity contribution is -0.138. The van der Waals surface area contributed by atoms with Gasteiger partial charge in [0.25, 0.3) is 15.9 Å². The van der Waals surface area contributed by atoms with E-state index in [1.165, 1.54) is 62.6 Å². The van der Waals surface area contributed by atoms with Crippen LogP contribution in [0.2, 0.25) is 5.02 Å². The molecular weight excluding hydrogens is 598 g/mol. The van der Waals surface area contributed by atoms with E-state index in [2.05, 4.69) is 0 Å². The van der Waals surface area contributed by atoms with Gasteiger partial charge < -0.3 is 24.2 Å². The molecule has 2 aliphatic rings. The summed E-state index contributed by atoms with van der Waals surface area (Å²) in [5.74, 6) is -0.495. The number of benzene rings is 3. The van der Waals surface area contributed by atoms with Crippen LogP contribution in [-0.4, -0.2) is 89.3 Å². The molecule has 0 spiro atoms. The topological polar surface area (TPSA) is 126 Å². The van der Waals surface area contributed by atoms with Crippen molar-refractivity contribution in [3.8, 4) is 17.2 Å². The first-order chi connectivity index (χ1) is 20.4. The number of para-hydroxylation sites is 1. The second-order valence-electron chi connectivity index (χ2n) is 10.5. The molecule has 3 aromatic rings. The molecule has 0 aliphatic carbocycles. The number of carbonyl (C=O) groups excluding carboxylic acids is 2. The van der Waals surface area contributed by atoms with Gasteiger partial charge in [-0.15, -0.1) is 0 Å². The lowest BCUT2D eigenvalue weighted by Gasteiger charge is -2.42. The molecule has 0 aromatic heterocycles. The Labute approximate surface area is 255 Å². The van der Waals surface area contributed by atoms with Crippen molar-refractivity contribution in [3.63, 3.8) is 0 Å². The Bertz CT molecular complexity index is 1700. The van der Waals surface area contributed by atoms with E-state index in [4.69, 9.17) is 25.8 Å². The first-order valence-electron chi connectivity index (χ1n) is 13.3. The molecule has 1 N–H and O–H groups in total. The molecule has 3 atom stereocenters. The number of amides is 2. The highest BCUT2D eigenvalue weighted by Gasteiger charge is 2.63. The van der Waals surface area contributed by atoms with E-state index in [-0.39, 0.29) is 51.5 Å². The monoisotopic (exact) mass is 629 g/mol. The Kier molecular flexibility index (Phi) is 8.07. The number of likely N-dealkylation sites (tertiary alicyclic amines) is 1. The van der Waals surface area contributed by atoms with E-state index >= 15 is 4.79 Å². The maximum atomic E-state index is 15.1. The molecule has 0 saturated carbocycles. The Hall–Kier alpha value is -3.84. The summed E-state index contributed by atoms with van der Waals surface area (Å²) in [7, 11) is 2.81. The zero-order valence-corrected chi connectivity index (χ0v) is 25.8. The summed E-state index contributed by atoms with van der Waals surface area (Å²) < 4.78 is 45.9. The predicted octanol–water partition coefficient (Wildman–Crippen LogP) is 2.87. The number of halogens is 1. The number of hydrogen-bond donors (Lipinski definition) is 1. The number of fused-ring (bicyclic) bond motifs is 1. The van der Waals surface area contributed by atoms with Crippen molar-refractivity contribution < 1.29 is 37.3 Å². The minimum atomic E-state index is -4.59. The Morgan fingerprint density at radius 1 is 0.953 bits per heavy atom. The third kappa shape index (κ3) is 4.69. The van der Waals surface area contributed by atoms with Crippen molar-refractivity contribution in [1.29, 1.82) is 0 Å². The quantitative estimate of drug-likeness (QED) is 0.400. The third-order valence-corrected chi connectivity index (χ3v) is 9.81. The number of ether oxygens (including phenoxy) is 3. The second-order valence-corrected chi connectivity index (χ2v) is 12.7. The third-order valence-electron chi connectivity index (χ3n) is 7.89. The summed E-state index contributed by atoms with van der Waals surface area (Å²) in [5, 5.41) is 11.2.